The normalized spacial score (nSPS) is 12.4. The average Bonchev–Trinajstić information content (AvgIpc) is 2.94. The largest absolute Gasteiger partial charge is 0.462 e. The number of carbonyl (C=O) groups excluding carboxylic acids is 2. The molecule has 1 unspecified atom stereocenters. The number of ether oxygens (including phenoxy) is 2. The summed E-state index contributed by atoms with van der Waals surface area (Å²) < 4.78 is 9.87. The van der Waals surface area contributed by atoms with Gasteiger partial charge in [0.1, 0.15) is 17.7 Å². The minimum absolute atomic E-state index is 0.0348. The van der Waals surface area contributed by atoms with E-state index in [9.17, 15) is 20.1 Å². The summed E-state index contributed by atoms with van der Waals surface area (Å²) in [6.07, 6.45) is 1.51. The molecule has 0 aliphatic heterocycles. The molecular weight excluding hydrogens is 519 g/mol. The number of rotatable bonds is 9. The van der Waals surface area contributed by atoms with E-state index in [0.717, 1.165) is 15.9 Å². The molecule has 190 valence electrons. The third-order valence-electron chi connectivity index (χ3n) is 5.28. The fourth-order valence-electron chi connectivity index (χ4n) is 3.55. The molecule has 0 heterocycles. The Labute approximate surface area is 228 Å². The fraction of sp³-hybridized carbons (Fsp3) is 0.133. The van der Waals surface area contributed by atoms with Crippen molar-refractivity contribution >= 4 is 58.5 Å². The number of esters is 2. The van der Waals surface area contributed by atoms with Crippen molar-refractivity contribution in [3.05, 3.63) is 101 Å². The first-order valence-electron chi connectivity index (χ1n) is 11.7. The molecule has 38 heavy (non-hydrogen) atoms. The van der Waals surface area contributed by atoms with E-state index >= 15 is 0 Å². The number of carbonyl (C=O) groups is 2. The third-order valence-corrected chi connectivity index (χ3v) is 8.13. The first-order valence-corrected chi connectivity index (χ1v) is 13.5. The van der Waals surface area contributed by atoms with Gasteiger partial charge in [0, 0.05) is 0 Å². The summed E-state index contributed by atoms with van der Waals surface area (Å²) in [6.45, 7) is 3.68. The Hall–Kier alpha value is -4.22. The highest BCUT2D eigenvalue weighted by Gasteiger charge is 2.19. The van der Waals surface area contributed by atoms with Gasteiger partial charge in [-0.05, 0) is 54.9 Å². The number of hydrogen-bond acceptors (Lipinski definition) is 6. The third kappa shape index (κ3) is 6.96. The highest BCUT2D eigenvalue weighted by atomic mass is 35.5. The summed E-state index contributed by atoms with van der Waals surface area (Å²) >= 11 is 6.38. The van der Waals surface area contributed by atoms with E-state index < -0.39 is 19.9 Å². The molecule has 0 aliphatic carbocycles. The van der Waals surface area contributed by atoms with Gasteiger partial charge in [0.15, 0.2) is 5.57 Å². The molecule has 1 atom stereocenters. The van der Waals surface area contributed by atoms with Crippen LogP contribution in [0, 0.1) is 22.7 Å². The van der Waals surface area contributed by atoms with Crippen LogP contribution >= 0.6 is 19.5 Å². The lowest BCUT2D eigenvalue weighted by molar-refractivity contribution is -0.138. The summed E-state index contributed by atoms with van der Waals surface area (Å²) in [4.78, 5) is 24.1. The van der Waals surface area contributed by atoms with Gasteiger partial charge in [-0.25, -0.2) is 9.59 Å². The van der Waals surface area contributed by atoms with Crippen LogP contribution in [0.2, 0.25) is 0 Å². The lowest BCUT2D eigenvalue weighted by atomic mass is 10.1. The minimum Gasteiger partial charge on any atom is -0.462 e. The van der Waals surface area contributed by atoms with E-state index in [-0.39, 0.29) is 29.4 Å². The topological polar surface area (TPSA) is 100 Å². The molecule has 0 bridgehead atoms. The Kier molecular flexibility index (Phi) is 10.4. The fourth-order valence-corrected chi connectivity index (χ4v) is 6.05. The van der Waals surface area contributed by atoms with Crippen LogP contribution in [0.4, 0.5) is 0 Å². The maximum Gasteiger partial charge on any atom is 0.350 e. The van der Waals surface area contributed by atoms with Gasteiger partial charge in [0.2, 0.25) is 0 Å². The van der Waals surface area contributed by atoms with Crippen molar-refractivity contribution in [2.45, 2.75) is 13.8 Å². The second-order valence-corrected chi connectivity index (χ2v) is 10.3. The molecule has 0 radical (unpaired) electrons. The molecule has 3 aromatic rings. The molecule has 8 heteroatoms. The smallest absolute Gasteiger partial charge is 0.350 e. The van der Waals surface area contributed by atoms with E-state index in [4.69, 9.17) is 21.1 Å². The van der Waals surface area contributed by atoms with Crippen LogP contribution in [-0.2, 0) is 19.1 Å². The Morgan fingerprint density at radius 1 is 0.789 bits per heavy atom. The second kappa shape index (κ2) is 13.9. The van der Waals surface area contributed by atoms with Crippen molar-refractivity contribution in [2.75, 3.05) is 13.2 Å². The number of nitrogens with zero attached hydrogens (tertiary/aromatic N) is 2. The maximum atomic E-state index is 12.1. The van der Waals surface area contributed by atoms with Crippen LogP contribution in [0.15, 0.2) is 90.0 Å². The van der Waals surface area contributed by atoms with Gasteiger partial charge < -0.3 is 9.47 Å². The van der Waals surface area contributed by atoms with Gasteiger partial charge in [0.05, 0.1) is 18.2 Å². The molecule has 0 aromatic heterocycles. The monoisotopic (exact) mass is 542 g/mol. The predicted molar refractivity (Wildman–Crippen MR) is 150 cm³/mol. The van der Waals surface area contributed by atoms with Crippen molar-refractivity contribution < 1.29 is 19.1 Å². The summed E-state index contributed by atoms with van der Waals surface area (Å²) in [5.41, 5.74) is 0.933. The van der Waals surface area contributed by atoms with Gasteiger partial charge in [-0.1, -0.05) is 90.5 Å². The number of benzene rings is 3. The predicted octanol–water partition coefficient (Wildman–Crippen LogP) is 4.95. The zero-order valence-corrected chi connectivity index (χ0v) is 22.5. The molecule has 0 saturated heterocycles. The Morgan fingerprint density at radius 2 is 1.32 bits per heavy atom. The standard InChI is InChI=1S/C30H24ClN2O4P/c1-3-36-29(34)23(19-32)18-21-10-14-25(15-11-21)38(24-8-6-5-7-9-24)26-16-12-22(13-17-26)28(31)27(20-33)30(35)37-4-2/h5-18H,3-4H2,1-2H3. The van der Waals surface area contributed by atoms with E-state index in [1.807, 2.05) is 66.7 Å². The lowest BCUT2D eigenvalue weighted by Gasteiger charge is -2.20. The molecule has 0 saturated carbocycles. The van der Waals surface area contributed by atoms with Gasteiger partial charge in [-0.2, -0.15) is 10.5 Å². The molecule has 3 aromatic carbocycles. The molecule has 0 fully saturated rings. The zero-order valence-electron chi connectivity index (χ0n) is 20.8. The van der Waals surface area contributed by atoms with Crippen molar-refractivity contribution in [1.82, 2.24) is 0 Å². The molecule has 3 rings (SSSR count). The van der Waals surface area contributed by atoms with Crippen LogP contribution in [-0.4, -0.2) is 25.2 Å². The van der Waals surface area contributed by atoms with E-state index in [1.54, 1.807) is 26.0 Å². The molecule has 0 aliphatic rings. The van der Waals surface area contributed by atoms with Crippen LogP contribution in [0.1, 0.15) is 25.0 Å². The van der Waals surface area contributed by atoms with Gasteiger partial charge in [-0.15, -0.1) is 0 Å². The van der Waals surface area contributed by atoms with Crippen molar-refractivity contribution in [3.63, 3.8) is 0 Å². The quantitative estimate of drug-likeness (QED) is 0.164. The first-order chi connectivity index (χ1) is 18.4. The van der Waals surface area contributed by atoms with Crippen LogP contribution in [0.5, 0.6) is 0 Å². The first kappa shape index (κ1) is 28.4. The van der Waals surface area contributed by atoms with Crippen LogP contribution < -0.4 is 15.9 Å². The number of halogens is 1. The Balaban J connectivity index is 1.99. The van der Waals surface area contributed by atoms with Crippen LogP contribution in [0.25, 0.3) is 11.1 Å². The Morgan fingerprint density at radius 3 is 1.84 bits per heavy atom. The molecule has 0 N–H and O–H groups in total. The highest BCUT2D eigenvalue weighted by Crippen LogP contribution is 2.34. The SMILES string of the molecule is CCOC(=O)C(C#N)=Cc1ccc(P(c2ccccc2)c2ccc(C(Cl)=C(C#N)C(=O)OCC)cc2)cc1. The zero-order chi connectivity index (χ0) is 27.5. The maximum absolute atomic E-state index is 12.1. The molecule has 6 nitrogen and oxygen atoms in total. The lowest BCUT2D eigenvalue weighted by Crippen LogP contribution is -2.20. The van der Waals surface area contributed by atoms with Gasteiger partial charge >= 0.3 is 11.9 Å². The summed E-state index contributed by atoms with van der Waals surface area (Å²) in [6, 6.07) is 28.8. The molecule has 0 amide bonds. The van der Waals surface area contributed by atoms with Crippen molar-refractivity contribution in [1.29, 1.82) is 10.5 Å². The number of nitriles is 2. The van der Waals surface area contributed by atoms with Crippen LogP contribution in [0.3, 0.4) is 0 Å². The van der Waals surface area contributed by atoms with E-state index in [0.29, 0.717) is 11.1 Å². The second-order valence-electron chi connectivity index (χ2n) is 7.72. The van der Waals surface area contributed by atoms with Gasteiger partial charge in [-0.3, -0.25) is 0 Å². The van der Waals surface area contributed by atoms with Crippen molar-refractivity contribution in [3.8, 4) is 12.1 Å². The summed E-state index contributed by atoms with van der Waals surface area (Å²) in [7, 11) is -0.962. The van der Waals surface area contributed by atoms with E-state index in [1.165, 1.54) is 6.08 Å². The Bertz CT molecular complexity index is 1430. The van der Waals surface area contributed by atoms with Crippen molar-refractivity contribution in [2.24, 2.45) is 0 Å². The van der Waals surface area contributed by atoms with E-state index in [2.05, 4.69) is 12.1 Å². The summed E-state index contributed by atoms with van der Waals surface area (Å²) in [5, 5.41) is 22.0. The number of hydrogen-bond donors (Lipinski definition) is 0. The summed E-state index contributed by atoms with van der Waals surface area (Å²) in [5.74, 6) is -1.41. The highest BCUT2D eigenvalue weighted by molar-refractivity contribution is 7.79. The van der Waals surface area contributed by atoms with Gasteiger partial charge in [0.25, 0.3) is 0 Å². The minimum atomic E-state index is -0.962. The average molecular weight is 543 g/mol. The molecule has 0 spiro atoms. The molecular formula is C30H24ClN2O4P.